The van der Waals surface area contributed by atoms with Gasteiger partial charge in [0.2, 0.25) is 0 Å². The van der Waals surface area contributed by atoms with Gasteiger partial charge in [0.1, 0.15) is 11.2 Å². The van der Waals surface area contributed by atoms with Gasteiger partial charge in [-0.05, 0) is 129 Å². The molecule has 5 heterocycles. The van der Waals surface area contributed by atoms with E-state index in [2.05, 4.69) is 72.8 Å². The Bertz CT molecular complexity index is 2880. The van der Waals surface area contributed by atoms with Crippen molar-refractivity contribution in [3.05, 3.63) is 117 Å². The fourth-order valence-electron chi connectivity index (χ4n) is 9.34. The van der Waals surface area contributed by atoms with Crippen LogP contribution >= 0.6 is 11.6 Å². The number of nitro benzene ring substituents is 1. The van der Waals surface area contributed by atoms with Crippen LogP contribution in [0.25, 0.3) is 33.3 Å². The summed E-state index contributed by atoms with van der Waals surface area (Å²) >= 11 is 6.26. The maximum Gasteiger partial charge on any atom is 0.293 e. The molecule has 0 saturated carbocycles. The van der Waals surface area contributed by atoms with Crippen molar-refractivity contribution in [2.24, 2.45) is 11.3 Å². The standard InChI is InChI=1S/C47H53ClN10O5S/c1-47(2)16-12-34(39(27-47)32-4-6-35(48)7-5-32)30-55-20-22-56(23-21-55)36-8-10-38(42(25-36)57-43-24-33-13-17-49-45(33)52-41(43)29-51-57)46(59)53-64(62,63)37-9-11-40(44(26-37)58(60)61)50-28-31-14-18-54(3)19-15-31/h4-11,13,17,24-26,29,31,50-51H,12,14-16,18-23,27-28,30H2,1-3H3,(H,53,59). The van der Waals surface area contributed by atoms with Crippen molar-refractivity contribution in [3.63, 3.8) is 0 Å². The highest BCUT2D eigenvalue weighted by molar-refractivity contribution is 7.90. The summed E-state index contributed by atoms with van der Waals surface area (Å²) in [4.78, 5) is 41.5. The normalized spacial score (nSPS) is 17.9. The van der Waals surface area contributed by atoms with Crippen LogP contribution < -0.4 is 14.9 Å². The lowest BCUT2D eigenvalue weighted by molar-refractivity contribution is -0.384. The van der Waals surface area contributed by atoms with Gasteiger partial charge in [-0.25, -0.2) is 23.1 Å². The number of likely N-dealkylation sites (tertiary alicyclic amines) is 1. The molecular formula is C47H53ClN10O5S. The minimum absolute atomic E-state index is 0.0771. The van der Waals surface area contributed by atoms with Crippen LogP contribution in [0.15, 0.2) is 95.7 Å². The molecule has 64 heavy (non-hydrogen) atoms. The molecule has 9 rings (SSSR count). The fourth-order valence-corrected chi connectivity index (χ4v) is 10.5. The highest BCUT2D eigenvalue weighted by Crippen LogP contribution is 2.43. The number of piperidine rings is 1. The van der Waals surface area contributed by atoms with Gasteiger partial charge in [-0.15, -0.1) is 0 Å². The van der Waals surface area contributed by atoms with Gasteiger partial charge in [0.05, 0.1) is 26.6 Å². The third-order valence-corrected chi connectivity index (χ3v) is 14.8. The number of aromatic amines is 1. The van der Waals surface area contributed by atoms with Crippen molar-refractivity contribution in [2.45, 2.75) is 50.8 Å². The topological polar surface area (TPSA) is 175 Å². The van der Waals surface area contributed by atoms with Crippen molar-refractivity contribution >= 4 is 72.2 Å². The smallest absolute Gasteiger partial charge is 0.293 e. The summed E-state index contributed by atoms with van der Waals surface area (Å²) in [5, 5.41) is 20.1. The van der Waals surface area contributed by atoms with Crippen molar-refractivity contribution in [3.8, 4) is 5.69 Å². The lowest BCUT2D eigenvalue weighted by Crippen LogP contribution is -2.47. The van der Waals surface area contributed by atoms with Crippen LogP contribution in [0.1, 0.15) is 61.9 Å². The summed E-state index contributed by atoms with van der Waals surface area (Å²) in [5.41, 5.74) is 7.41. The zero-order valence-corrected chi connectivity index (χ0v) is 37.9. The molecule has 3 N–H and O–H groups in total. The summed E-state index contributed by atoms with van der Waals surface area (Å²) in [6.07, 6.45) is 8.53. The number of hydrogen-bond donors (Lipinski definition) is 3. The summed E-state index contributed by atoms with van der Waals surface area (Å²) in [5.74, 6) is -0.549. The third-order valence-electron chi connectivity index (χ3n) is 13.2. The van der Waals surface area contributed by atoms with E-state index in [1.165, 1.54) is 28.8 Å². The molecule has 15 nitrogen and oxygen atoms in total. The van der Waals surface area contributed by atoms with Gasteiger partial charge in [0.15, 0.2) is 5.65 Å². The second-order valence-corrected chi connectivity index (χ2v) is 20.4. The monoisotopic (exact) mass is 904 g/mol. The molecule has 2 fully saturated rings. The molecule has 3 aliphatic rings. The van der Waals surface area contributed by atoms with Crippen LogP contribution in [0.2, 0.25) is 5.02 Å². The first kappa shape index (κ1) is 43.4. The number of allylic oxidation sites excluding steroid dienone is 1. The van der Waals surface area contributed by atoms with Gasteiger partial charge in [-0.1, -0.05) is 43.2 Å². The predicted octanol–water partition coefficient (Wildman–Crippen LogP) is 8.12. The number of halogens is 1. The van der Waals surface area contributed by atoms with E-state index in [4.69, 9.17) is 11.6 Å². The number of nitrogens with one attached hydrogen (secondary N) is 3. The SMILES string of the molecule is CN1CCC(CNc2ccc(S(=O)(=O)NC(=O)c3ccc(N4CCN(CC5=C(c6ccc(Cl)cc6)CC(C)(C)CC5)CC4)cc3-n3[nH]cc4nc5nccc5cc43)cc2[N+](=O)[O-])CC1. The number of H-pyrrole nitrogens is 1. The van der Waals surface area contributed by atoms with E-state index in [9.17, 15) is 23.3 Å². The molecule has 0 unspecified atom stereocenters. The third kappa shape index (κ3) is 9.23. The number of nitro groups is 1. The average Bonchev–Trinajstić information content (AvgIpc) is 3.92. The molecule has 17 heteroatoms. The number of carbonyl (C=O) groups excluding carboxylic acids is 1. The summed E-state index contributed by atoms with van der Waals surface area (Å²) in [6.45, 7) is 11.2. The van der Waals surface area contributed by atoms with Gasteiger partial charge in [0, 0.05) is 73.8 Å². The molecule has 3 aromatic heterocycles. The molecule has 2 aliphatic heterocycles. The van der Waals surface area contributed by atoms with Crippen molar-refractivity contribution < 1.29 is 18.1 Å². The Morgan fingerprint density at radius 2 is 1.75 bits per heavy atom. The second-order valence-electron chi connectivity index (χ2n) is 18.3. The average molecular weight is 906 g/mol. The molecule has 0 atom stereocenters. The Morgan fingerprint density at radius 3 is 2.50 bits per heavy atom. The number of benzene rings is 3. The Kier molecular flexibility index (Phi) is 12.0. The van der Waals surface area contributed by atoms with Gasteiger partial charge >= 0.3 is 0 Å². The van der Waals surface area contributed by atoms with E-state index in [0.717, 1.165) is 100 Å². The predicted molar refractivity (Wildman–Crippen MR) is 252 cm³/mol. The summed E-state index contributed by atoms with van der Waals surface area (Å²) in [6, 6.07) is 21.0. The zero-order valence-electron chi connectivity index (χ0n) is 36.3. The number of anilines is 2. The van der Waals surface area contributed by atoms with Crippen LogP contribution in [0.5, 0.6) is 0 Å². The lowest BCUT2D eigenvalue weighted by Gasteiger charge is -2.39. The van der Waals surface area contributed by atoms with Crippen molar-refractivity contribution in [1.29, 1.82) is 0 Å². The maximum absolute atomic E-state index is 14.2. The highest BCUT2D eigenvalue weighted by atomic mass is 35.5. The van der Waals surface area contributed by atoms with E-state index in [-0.39, 0.29) is 22.4 Å². The van der Waals surface area contributed by atoms with Gasteiger partial charge < -0.3 is 15.1 Å². The highest BCUT2D eigenvalue weighted by Gasteiger charge is 2.31. The van der Waals surface area contributed by atoms with Gasteiger partial charge in [-0.2, -0.15) is 0 Å². The Morgan fingerprint density at radius 1 is 0.984 bits per heavy atom. The molecular weight excluding hydrogens is 852 g/mol. The zero-order chi connectivity index (χ0) is 44.8. The fraction of sp³-hybridized carbons (Fsp3) is 0.383. The van der Waals surface area contributed by atoms with Crippen LogP contribution in [0.3, 0.4) is 0 Å². The molecule has 0 radical (unpaired) electrons. The number of pyridine rings is 1. The number of fused-ring (bicyclic) bond motifs is 2. The number of piperazine rings is 1. The van der Waals surface area contributed by atoms with Crippen molar-refractivity contribution in [2.75, 3.05) is 69.6 Å². The molecule has 6 aromatic rings. The maximum atomic E-state index is 14.2. The van der Waals surface area contributed by atoms with Crippen molar-refractivity contribution in [1.82, 2.24) is 34.3 Å². The summed E-state index contributed by atoms with van der Waals surface area (Å²) < 4.78 is 31.7. The first-order valence-corrected chi connectivity index (χ1v) is 23.7. The van der Waals surface area contributed by atoms with Crippen LogP contribution in [0.4, 0.5) is 17.1 Å². The van der Waals surface area contributed by atoms with Gasteiger partial charge in [0.25, 0.3) is 21.6 Å². The van der Waals surface area contributed by atoms with E-state index in [1.54, 1.807) is 23.1 Å². The van der Waals surface area contributed by atoms with E-state index < -0.39 is 25.7 Å². The number of hydrogen-bond acceptors (Lipinski definition) is 11. The Labute approximate surface area is 377 Å². The quantitative estimate of drug-likeness (QED) is 0.0799. The minimum Gasteiger partial charge on any atom is -0.379 e. The molecule has 0 bridgehead atoms. The first-order chi connectivity index (χ1) is 30.7. The van der Waals surface area contributed by atoms with E-state index >= 15 is 0 Å². The minimum atomic E-state index is -4.55. The number of rotatable bonds is 12. The lowest BCUT2D eigenvalue weighted by atomic mass is 9.72. The first-order valence-electron chi connectivity index (χ1n) is 21.9. The largest absolute Gasteiger partial charge is 0.379 e. The van der Waals surface area contributed by atoms with Crippen LogP contribution in [-0.4, -0.2) is 108 Å². The molecule has 3 aromatic carbocycles. The Balaban J connectivity index is 0.970. The second kappa shape index (κ2) is 17.6. The van der Waals surface area contributed by atoms with Crippen LogP contribution in [-0.2, 0) is 10.0 Å². The molecule has 1 amide bonds. The molecule has 0 spiro atoms. The molecule has 1 aliphatic carbocycles. The van der Waals surface area contributed by atoms with E-state index in [1.807, 2.05) is 36.4 Å². The number of aromatic nitrogens is 4. The number of amides is 1. The van der Waals surface area contributed by atoms with Crippen LogP contribution in [0, 0.1) is 21.4 Å². The molecule has 2 saturated heterocycles. The van der Waals surface area contributed by atoms with Gasteiger partial charge in [-0.3, -0.25) is 29.6 Å². The number of nitrogens with zero attached hydrogens (tertiary/aromatic N) is 7. The number of carbonyl (C=O) groups is 1. The van der Waals surface area contributed by atoms with E-state index in [0.29, 0.717) is 34.8 Å². The number of sulfonamides is 1. The summed E-state index contributed by atoms with van der Waals surface area (Å²) in [7, 11) is -2.49. The molecule has 334 valence electrons. The Hall–Kier alpha value is -5.81.